The van der Waals surface area contributed by atoms with Gasteiger partial charge in [0, 0.05) is 16.9 Å². The number of anilines is 1. The lowest BCUT2D eigenvalue weighted by Gasteiger charge is -2.25. The van der Waals surface area contributed by atoms with E-state index in [4.69, 9.17) is 16.3 Å². The summed E-state index contributed by atoms with van der Waals surface area (Å²) in [6.07, 6.45) is 4.48. The molecule has 1 N–H and O–H groups in total. The summed E-state index contributed by atoms with van der Waals surface area (Å²) in [4.78, 5) is 20.1. The van der Waals surface area contributed by atoms with E-state index in [1.165, 1.54) is 18.6 Å². The molecule has 1 heterocycles. The zero-order chi connectivity index (χ0) is 15.5. The fraction of sp³-hybridized carbons (Fsp3) is 0.214. The number of ether oxygens (including phenoxy) is 1. The van der Waals surface area contributed by atoms with E-state index in [1.54, 1.807) is 32.0 Å². The number of hydrogen-bond donors (Lipinski definition) is 1. The Morgan fingerprint density at radius 3 is 2.76 bits per heavy atom. The van der Waals surface area contributed by atoms with Gasteiger partial charge in [-0.3, -0.25) is 9.78 Å². The van der Waals surface area contributed by atoms with Crippen LogP contribution in [0.5, 0.6) is 5.75 Å². The van der Waals surface area contributed by atoms with E-state index in [0.717, 1.165) is 4.47 Å². The van der Waals surface area contributed by atoms with Crippen molar-refractivity contribution in [1.29, 1.82) is 0 Å². The van der Waals surface area contributed by atoms with Crippen LogP contribution in [-0.2, 0) is 4.79 Å². The van der Waals surface area contributed by atoms with Crippen molar-refractivity contribution in [1.82, 2.24) is 9.97 Å². The Bertz CT molecular complexity index is 650. The molecular formula is C14H13BrClN3O2. The van der Waals surface area contributed by atoms with E-state index < -0.39 is 5.60 Å². The average Bonchev–Trinajstić information content (AvgIpc) is 2.43. The summed E-state index contributed by atoms with van der Waals surface area (Å²) in [5.41, 5.74) is -1.12. The van der Waals surface area contributed by atoms with E-state index in [9.17, 15) is 4.79 Å². The van der Waals surface area contributed by atoms with Crippen LogP contribution in [0.4, 0.5) is 5.82 Å². The molecule has 7 heteroatoms. The zero-order valence-electron chi connectivity index (χ0n) is 11.4. The monoisotopic (exact) mass is 369 g/mol. The van der Waals surface area contributed by atoms with Gasteiger partial charge in [-0.2, -0.15) is 0 Å². The Labute approximate surface area is 135 Å². The van der Waals surface area contributed by atoms with Crippen LogP contribution in [0.2, 0.25) is 5.02 Å². The van der Waals surface area contributed by atoms with Gasteiger partial charge in [0.15, 0.2) is 11.4 Å². The van der Waals surface area contributed by atoms with E-state index in [2.05, 4.69) is 31.2 Å². The molecule has 21 heavy (non-hydrogen) atoms. The highest BCUT2D eigenvalue weighted by Crippen LogP contribution is 2.30. The van der Waals surface area contributed by atoms with Gasteiger partial charge in [-0.25, -0.2) is 4.98 Å². The van der Waals surface area contributed by atoms with Crippen molar-refractivity contribution in [3.8, 4) is 5.75 Å². The van der Waals surface area contributed by atoms with E-state index >= 15 is 0 Å². The number of nitrogens with one attached hydrogen (secondary N) is 1. The third-order valence-corrected chi connectivity index (χ3v) is 3.40. The number of hydrogen-bond acceptors (Lipinski definition) is 4. The number of carbonyl (C=O) groups excluding carboxylic acids is 1. The van der Waals surface area contributed by atoms with Gasteiger partial charge < -0.3 is 10.1 Å². The number of amides is 1. The lowest BCUT2D eigenvalue weighted by Crippen LogP contribution is -2.42. The topological polar surface area (TPSA) is 64.1 Å². The van der Waals surface area contributed by atoms with Gasteiger partial charge in [0.05, 0.1) is 11.2 Å². The minimum atomic E-state index is -1.12. The second kappa shape index (κ2) is 6.41. The molecule has 1 aromatic carbocycles. The number of rotatable bonds is 4. The van der Waals surface area contributed by atoms with Gasteiger partial charge in [0.2, 0.25) is 0 Å². The summed E-state index contributed by atoms with van der Waals surface area (Å²) in [6, 6.07) is 5.19. The molecule has 1 aromatic heterocycles. The summed E-state index contributed by atoms with van der Waals surface area (Å²) in [6.45, 7) is 3.30. The first-order valence-corrected chi connectivity index (χ1v) is 7.27. The van der Waals surface area contributed by atoms with E-state index in [1.807, 2.05) is 0 Å². The SMILES string of the molecule is CC(C)(Oc1ccc(Br)cc1Cl)C(=O)Nc1cnccn1. The largest absolute Gasteiger partial charge is 0.476 e. The lowest BCUT2D eigenvalue weighted by molar-refractivity contribution is -0.128. The average molecular weight is 371 g/mol. The molecule has 1 amide bonds. The zero-order valence-corrected chi connectivity index (χ0v) is 13.8. The summed E-state index contributed by atoms with van der Waals surface area (Å²) in [5, 5.41) is 3.06. The molecule has 0 bridgehead atoms. The first kappa shape index (κ1) is 15.7. The van der Waals surface area contributed by atoms with Crippen molar-refractivity contribution < 1.29 is 9.53 Å². The number of benzene rings is 1. The summed E-state index contributed by atoms with van der Waals surface area (Å²) >= 11 is 9.41. The Kier molecular flexibility index (Phi) is 4.80. The fourth-order valence-electron chi connectivity index (χ4n) is 1.51. The van der Waals surface area contributed by atoms with Crippen LogP contribution in [-0.4, -0.2) is 21.5 Å². The van der Waals surface area contributed by atoms with Crippen molar-refractivity contribution in [3.05, 3.63) is 46.3 Å². The molecule has 0 atom stereocenters. The maximum Gasteiger partial charge on any atom is 0.269 e. The number of nitrogens with zero attached hydrogens (tertiary/aromatic N) is 2. The smallest absolute Gasteiger partial charge is 0.269 e. The standard InChI is InChI=1S/C14H13BrClN3O2/c1-14(2,13(20)19-12-8-17-5-6-18-12)21-11-4-3-9(15)7-10(11)16/h3-8H,1-2H3,(H,18,19,20). The molecule has 0 aliphatic rings. The van der Waals surface area contributed by atoms with Gasteiger partial charge >= 0.3 is 0 Å². The first-order chi connectivity index (χ1) is 9.88. The van der Waals surface area contributed by atoms with Gasteiger partial charge in [-0.1, -0.05) is 27.5 Å². The third kappa shape index (κ3) is 4.15. The molecule has 5 nitrogen and oxygen atoms in total. The molecule has 2 aromatic rings. The molecular weight excluding hydrogens is 358 g/mol. The predicted molar refractivity (Wildman–Crippen MR) is 84.5 cm³/mol. The van der Waals surface area contributed by atoms with Gasteiger partial charge in [-0.05, 0) is 32.0 Å². The van der Waals surface area contributed by atoms with Crippen molar-refractivity contribution in [3.63, 3.8) is 0 Å². The maximum absolute atomic E-state index is 12.3. The second-order valence-corrected chi connectivity index (χ2v) is 6.05. The Balaban J connectivity index is 2.12. The van der Waals surface area contributed by atoms with E-state index in [0.29, 0.717) is 16.6 Å². The van der Waals surface area contributed by atoms with Crippen LogP contribution in [0.3, 0.4) is 0 Å². The summed E-state index contributed by atoms with van der Waals surface area (Å²) in [7, 11) is 0. The maximum atomic E-state index is 12.3. The van der Waals surface area contributed by atoms with Crippen LogP contribution in [0.25, 0.3) is 0 Å². The molecule has 0 saturated heterocycles. The molecule has 2 rings (SSSR count). The van der Waals surface area contributed by atoms with Crippen LogP contribution >= 0.6 is 27.5 Å². The highest BCUT2D eigenvalue weighted by atomic mass is 79.9. The molecule has 0 aliphatic carbocycles. The van der Waals surface area contributed by atoms with Crippen LogP contribution in [0.1, 0.15) is 13.8 Å². The van der Waals surface area contributed by atoms with Crippen molar-refractivity contribution in [2.75, 3.05) is 5.32 Å². The minimum Gasteiger partial charge on any atom is -0.476 e. The third-order valence-electron chi connectivity index (χ3n) is 2.61. The van der Waals surface area contributed by atoms with Gasteiger partial charge in [0.25, 0.3) is 5.91 Å². The van der Waals surface area contributed by atoms with E-state index in [-0.39, 0.29) is 5.91 Å². The summed E-state index contributed by atoms with van der Waals surface area (Å²) in [5.74, 6) is 0.447. The quantitative estimate of drug-likeness (QED) is 0.891. The molecule has 0 spiro atoms. The molecule has 0 aliphatic heterocycles. The van der Waals surface area contributed by atoms with Gasteiger partial charge in [-0.15, -0.1) is 0 Å². The normalized spacial score (nSPS) is 11.0. The van der Waals surface area contributed by atoms with Crippen molar-refractivity contribution >= 4 is 39.3 Å². The molecule has 0 fully saturated rings. The Morgan fingerprint density at radius 2 is 2.14 bits per heavy atom. The predicted octanol–water partition coefficient (Wildman–Crippen LogP) is 3.69. The van der Waals surface area contributed by atoms with Crippen molar-refractivity contribution in [2.24, 2.45) is 0 Å². The molecule has 0 radical (unpaired) electrons. The number of carbonyl (C=O) groups is 1. The Hall–Kier alpha value is -1.66. The first-order valence-electron chi connectivity index (χ1n) is 6.10. The second-order valence-electron chi connectivity index (χ2n) is 4.73. The number of aromatic nitrogens is 2. The summed E-state index contributed by atoms with van der Waals surface area (Å²) < 4.78 is 6.54. The minimum absolute atomic E-state index is 0.345. The lowest BCUT2D eigenvalue weighted by atomic mass is 10.1. The van der Waals surface area contributed by atoms with Crippen molar-refractivity contribution in [2.45, 2.75) is 19.4 Å². The number of halogens is 2. The van der Waals surface area contributed by atoms with Gasteiger partial charge in [0.1, 0.15) is 5.75 Å². The highest BCUT2D eigenvalue weighted by Gasteiger charge is 2.31. The molecule has 0 saturated carbocycles. The molecule has 0 unspecified atom stereocenters. The van der Waals surface area contributed by atoms with Crippen LogP contribution in [0, 0.1) is 0 Å². The van der Waals surface area contributed by atoms with Crippen LogP contribution < -0.4 is 10.1 Å². The fourth-order valence-corrected chi connectivity index (χ4v) is 2.22. The molecule has 110 valence electrons. The Morgan fingerprint density at radius 1 is 1.38 bits per heavy atom. The highest BCUT2D eigenvalue weighted by molar-refractivity contribution is 9.10. The van der Waals surface area contributed by atoms with Crippen LogP contribution in [0.15, 0.2) is 41.3 Å².